The zero-order valence-electron chi connectivity index (χ0n) is 9.41. The number of hydrogen-bond acceptors (Lipinski definition) is 3. The summed E-state index contributed by atoms with van der Waals surface area (Å²) >= 11 is 1.58. The maximum atomic E-state index is 11.5. The number of benzene rings is 1. The Hall–Kier alpha value is -1.48. The van der Waals surface area contributed by atoms with Gasteiger partial charge in [0, 0.05) is 0 Å². The predicted octanol–water partition coefficient (Wildman–Crippen LogP) is 3.29. The highest BCUT2D eigenvalue weighted by molar-refractivity contribution is 7.18. The topological polar surface area (TPSA) is 30.0 Å². The van der Waals surface area contributed by atoms with Gasteiger partial charge in [0.2, 0.25) is 0 Å². The molecule has 0 spiro atoms. The number of aromatic nitrogens is 1. The van der Waals surface area contributed by atoms with Crippen LogP contribution in [0.3, 0.4) is 0 Å². The molecule has 0 N–H and O–H groups in total. The van der Waals surface area contributed by atoms with Crippen molar-refractivity contribution < 1.29 is 4.79 Å². The summed E-state index contributed by atoms with van der Waals surface area (Å²) in [5.74, 6) is 0.0655. The van der Waals surface area contributed by atoms with Gasteiger partial charge in [-0.05, 0) is 37.1 Å². The van der Waals surface area contributed by atoms with Gasteiger partial charge in [-0.3, -0.25) is 4.79 Å². The average molecular weight is 231 g/mol. The smallest absolute Gasteiger partial charge is 0.164 e. The Labute approximate surface area is 98.6 Å². The lowest BCUT2D eigenvalue weighted by Gasteiger charge is -1.93. The third kappa shape index (κ3) is 2.19. The van der Waals surface area contributed by atoms with Crippen LogP contribution >= 0.6 is 11.3 Å². The molecular formula is C13H13NOS. The van der Waals surface area contributed by atoms with Crippen LogP contribution in [0.5, 0.6) is 0 Å². The standard InChI is InChI=1S/C13H13NOS/c1-8(2)11(15)7-13-14-10-6-9(3)4-5-12(10)16-13/h4-6H,1,7H2,2-3H3. The van der Waals surface area contributed by atoms with Crippen molar-refractivity contribution >= 4 is 27.3 Å². The van der Waals surface area contributed by atoms with Crippen LogP contribution in [0.15, 0.2) is 30.4 Å². The van der Waals surface area contributed by atoms with Crippen LogP contribution in [0, 0.1) is 6.92 Å². The molecule has 0 aliphatic rings. The molecular weight excluding hydrogens is 218 g/mol. The molecule has 1 aromatic heterocycles. The number of nitrogens with zero attached hydrogens (tertiary/aromatic N) is 1. The van der Waals surface area contributed by atoms with Crippen LogP contribution in [0.4, 0.5) is 0 Å². The lowest BCUT2D eigenvalue weighted by molar-refractivity contribution is -0.114. The molecule has 0 saturated carbocycles. The second-order valence-electron chi connectivity index (χ2n) is 3.96. The number of fused-ring (bicyclic) bond motifs is 1. The monoisotopic (exact) mass is 231 g/mol. The number of ketones is 1. The SMILES string of the molecule is C=C(C)C(=O)Cc1nc2cc(C)ccc2s1. The predicted molar refractivity (Wildman–Crippen MR) is 67.9 cm³/mol. The van der Waals surface area contributed by atoms with Crippen molar-refractivity contribution in [3.63, 3.8) is 0 Å². The van der Waals surface area contributed by atoms with E-state index in [9.17, 15) is 4.79 Å². The Bertz CT molecular complexity index is 568. The maximum absolute atomic E-state index is 11.5. The van der Waals surface area contributed by atoms with Gasteiger partial charge in [0.1, 0.15) is 5.01 Å². The van der Waals surface area contributed by atoms with E-state index < -0.39 is 0 Å². The van der Waals surface area contributed by atoms with Crippen LogP contribution in [0.2, 0.25) is 0 Å². The fourth-order valence-corrected chi connectivity index (χ4v) is 2.40. The zero-order valence-corrected chi connectivity index (χ0v) is 10.2. The van der Waals surface area contributed by atoms with E-state index in [1.807, 2.05) is 13.0 Å². The van der Waals surface area contributed by atoms with Crippen molar-refractivity contribution in [2.24, 2.45) is 0 Å². The second kappa shape index (κ2) is 4.18. The van der Waals surface area contributed by atoms with Gasteiger partial charge in [-0.15, -0.1) is 11.3 Å². The third-order valence-corrected chi connectivity index (χ3v) is 3.41. The van der Waals surface area contributed by atoms with E-state index >= 15 is 0 Å². The van der Waals surface area contributed by atoms with E-state index in [2.05, 4.69) is 23.7 Å². The first-order valence-electron chi connectivity index (χ1n) is 5.11. The van der Waals surface area contributed by atoms with Gasteiger partial charge in [0.25, 0.3) is 0 Å². The van der Waals surface area contributed by atoms with Gasteiger partial charge in [-0.2, -0.15) is 0 Å². The van der Waals surface area contributed by atoms with Crippen LogP contribution in [0.1, 0.15) is 17.5 Å². The van der Waals surface area contributed by atoms with Crippen molar-refractivity contribution in [2.45, 2.75) is 20.3 Å². The Morgan fingerprint density at radius 3 is 2.94 bits per heavy atom. The molecule has 0 bridgehead atoms. The average Bonchev–Trinajstić information content (AvgIpc) is 2.58. The number of thiazole rings is 1. The van der Waals surface area contributed by atoms with E-state index in [1.165, 1.54) is 5.56 Å². The number of carbonyl (C=O) groups excluding carboxylic acids is 1. The van der Waals surface area contributed by atoms with Gasteiger partial charge in [0.05, 0.1) is 16.6 Å². The number of Topliss-reactive ketones (excluding diaryl/α,β-unsaturated/α-hetero) is 1. The minimum Gasteiger partial charge on any atom is -0.294 e. The summed E-state index contributed by atoms with van der Waals surface area (Å²) in [6.45, 7) is 7.42. The molecule has 0 atom stereocenters. The fraction of sp³-hybridized carbons (Fsp3) is 0.231. The molecule has 16 heavy (non-hydrogen) atoms. The molecule has 82 valence electrons. The first kappa shape index (κ1) is 11.0. The van der Waals surface area contributed by atoms with Crippen LogP contribution < -0.4 is 0 Å². The van der Waals surface area contributed by atoms with Crippen molar-refractivity contribution in [2.75, 3.05) is 0 Å². The molecule has 0 amide bonds. The lowest BCUT2D eigenvalue weighted by Crippen LogP contribution is -2.02. The van der Waals surface area contributed by atoms with Gasteiger partial charge in [0.15, 0.2) is 5.78 Å². The molecule has 0 unspecified atom stereocenters. The van der Waals surface area contributed by atoms with E-state index in [0.717, 1.165) is 15.2 Å². The molecule has 0 fully saturated rings. The molecule has 2 rings (SSSR count). The number of aryl methyl sites for hydroxylation is 1. The number of carbonyl (C=O) groups is 1. The summed E-state index contributed by atoms with van der Waals surface area (Å²) < 4.78 is 1.13. The molecule has 2 nitrogen and oxygen atoms in total. The van der Waals surface area contributed by atoms with Crippen molar-refractivity contribution in [1.82, 2.24) is 4.98 Å². The Morgan fingerprint density at radius 2 is 2.25 bits per heavy atom. The van der Waals surface area contributed by atoms with Crippen LogP contribution in [0.25, 0.3) is 10.2 Å². The highest BCUT2D eigenvalue weighted by Crippen LogP contribution is 2.23. The third-order valence-electron chi connectivity index (χ3n) is 2.38. The summed E-state index contributed by atoms with van der Waals surface area (Å²) in [5.41, 5.74) is 2.76. The first-order chi connectivity index (χ1) is 7.56. The van der Waals surface area contributed by atoms with E-state index in [0.29, 0.717) is 12.0 Å². The summed E-state index contributed by atoms with van der Waals surface area (Å²) in [7, 11) is 0. The van der Waals surface area contributed by atoms with Crippen molar-refractivity contribution in [3.8, 4) is 0 Å². The molecule has 1 heterocycles. The summed E-state index contributed by atoms with van der Waals surface area (Å²) in [5, 5.41) is 0.869. The largest absolute Gasteiger partial charge is 0.294 e. The molecule has 2 aromatic rings. The quantitative estimate of drug-likeness (QED) is 0.759. The molecule has 0 radical (unpaired) electrons. The zero-order chi connectivity index (χ0) is 11.7. The number of hydrogen-bond donors (Lipinski definition) is 0. The van der Waals surface area contributed by atoms with Crippen LogP contribution in [-0.2, 0) is 11.2 Å². The van der Waals surface area contributed by atoms with Gasteiger partial charge in [-0.1, -0.05) is 12.6 Å². The maximum Gasteiger partial charge on any atom is 0.164 e. The highest BCUT2D eigenvalue weighted by Gasteiger charge is 2.09. The van der Waals surface area contributed by atoms with E-state index in [-0.39, 0.29) is 5.78 Å². The van der Waals surface area contributed by atoms with Gasteiger partial charge >= 0.3 is 0 Å². The Balaban J connectivity index is 2.33. The normalized spacial score (nSPS) is 10.6. The molecule has 1 aromatic carbocycles. The first-order valence-corrected chi connectivity index (χ1v) is 5.92. The Morgan fingerprint density at radius 1 is 1.50 bits per heavy atom. The second-order valence-corrected chi connectivity index (χ2v) is 5.07. The molecule has 0 aliphatic carbocycles. The molecule has 0 aliphatic heterocycles. The van der Waals surface area contributed by atoms with Crippen molar-refractivity contribution in [3.05, 3.63) is 40.9 Å². The van der Waals surface area contributed by atoms with Gasteiger partial charge in [-0.25, -0.2) is 4.98 Å². The van der Waals surface area contributed by atoms with Gasteiger partial charge < -0.3 is 0 Å². The summed E-state index contributed by atoms with van der Waals surface area (Å²) in [6, 6.07) is 6.16. The lowest BCUT2D eigenvalue weighted by atomic mass is 10.2. The van der Waals surface area contributed by atoms with Crippen molar-refractivity contribution in [1.29, 1.82) is 0 Å². The minimum atomic E-state index is 0.0655. The van der Waals surface area contributed by atoms with E-state index in [1.54, 1.807) is 18.3 Å². The number of allylic oxidation sites excluding steroid dienone is 1. The number of rotatable bonds is 3. The molecule has 3 heteroatoms. The summed E-state index contributed by atoms with van der Waals surface area (Å²) in [6.07, 6.45) is 0.369. The van der Waals surface area contributed by atoms with E-state index in [4.69, 9.17) is 0 Å². The molecule has 0 saturated heterocycles. The van der Waals surface area contributed by atoms with Crippen LogP contribution in [-0.4, -0.2) is 10.8 Å². The fourth-order valence-electron chi connectivity index (χ4n) is 1.45. The minimum absolute atomic E-state index is 0.0655. The Kier molecular flexibility index (Phi) is 2.88. The highest BCUT2D eigenvalue weighted by atomic mass is 32.1. The summed E-state index contributed by atoms with van der Waals surface area (Å²) in [4.78, 5) is 16.0.